The van der Waals surface area contributed by atoms with Gasteiger partial charge in [-0.05, 0) is 74.8 Å². The summed E-state index contributed by atoms with van der Waals surface area (Å²) in [6.45, 7) is 1.26. The summed E-state index contributed by atoms with van der Waals surface area (Å²) in [6, 6.07) is 22.8. The maximum absolute atomic E-state index is 13.8. The Labute approximate surface area is 299 Å². The number of para-hydroxylation sites is 2. The van der Waals surface area contributed by atoms with Gasteiger partial charge in [0, 0.05) is 37.5 Å². The van der Waals surface area contributed by atoms with E-state index in [2.05, 4.69) is 37.4 Å². The lowest BCUT2D eigenvalue weighted by Crippen LogP contribution is -2.39. The first-order valence-corrected chi connectivity index (χ1v) is 17.3. The van der Waals surface area contributed by atoms with E-state index < -0.39 is 12.8 Å². The Bertz CT molecular complexity index is 1940. The molecule has 0 saturated carbocycles. The third-order valence-corrected chi connectivity index (χ3v) is 9.60. The number of carbonyl (C=O) groups excluding carboxylic acids is 2. The van der Waals surface area contributed by atoms with E-state index in [0.717, 1.165) is 24.1 Å². The molecule has 14 heteroatoms. The number of nitrogens with one attached hydrogen (secondary N) is 1. The molecule has 2 aromatic heterocycles. The molecule has 0 radical (unpaired) electrons. The van der Waals surface area contributed by atoms with E-state index in [0.29, 0.717) is 60.5 Å². The Kier molecular flexibility index (Phi) is 11.7. The molecule has 52 heavy (non-hydrogen) atoms. The fourth-order valence-corrected chi connectivity index (χ4v) is 6.86. The Morgan fingerprint density at radius 1 is 1.02 bits per heavy atom. The Hall–Kier alpha value is -5.08. The zero-order valence-electron chi connectivity index (χ0n) is 29.2. The number of methoxy groups -OCH3 is 1. The van der Waals surface area contributed by atoms with Crippen molar-refractivity contribution in [1.29, 1.82) is 0 Å². The lowest BCUT2D eigenvalue weighted by Gasteiger charge is -2.33. The minimum absolute atomic E-state index is 0.0543. The number of ether oxygens (including phenoxy) is 2. The van der Waals surface area contributed by atoms with Gasteiger partial charge in [0.1, 0.15) is 18.1 Å². The number of fused-ring (bicyclic) bond motifs is 1. The quantitative estimate of drug-likeness (QED) is 0.0998. The van der Waals surface area contributed by atoms with Gasteiger partial charge in [0.15, 0.2) is 5.82 Å². The second-order valence-electron chi connectivity index (χ2n) is 13.1. The van der Waals surface area contributed by atoms with Crippen LogP contribution in [0, 0.1) is 5.92 Å². The van der Waals surface area contributed by atoms with Crippen LogP contribution in [0.2, 0.25) is 0 Å². The van der Waals surface area contributed by atoms with Crippen LogP contribution < -0.4 is 4.74 Å². The van der Waals surface area contributed by atoms with Gasteiger partial charge in [0.25, 0.3) is 5.91 Å². The summed E-state index contributed by atoms with van der Waals surface area (Å²) < 4.78 is 50.0. The van der Waals surface area contributed by atoms with Gasteiger partial charge in [-0.15, -0.1) is 0 Å². The highest BCUT2D eigenvalue weighted by Crippen LogP contribution is 2.29. The van der Waals surface area contributed by atoms with E-state index in [1.54, 1.807) is 48.0 Å². The van der Waals surface area contributed by atoms with Crippen LogP contribution in [0.1, 0.15) is 51.7 Å². The molecule has 1 amide bonds. The van der Waals surface area contributed by atoms with Crippen molar-refractivity contribution < 1.29 is 32.2 Å². The second-order valence-corrected chi connectivity index (χ2v) is 13.1. The number of benzene rings is 3. The molecular formula is C38H42F3N7O4. The van der Waals surface area contributed by atoms with Crippen molar-refractivity contribution >= 4 is 22.7 Å². The number of piperidine rings is 1. The normalized spacial score (nSPS) is 14.8. The van der Waals surface area contributed by atoms with Crippen molar-refractivity contribution in [3.05, 3.63) is 95.9 Å². The lowest BCUT2D eigenvalue weighted by atomic mass is 9.90. The predicted octanol–water partition coefficient (Wildman–Crippen LogP) is 6.25. The standard InChI is InChI=1S/C38H42F3N7O4/c1-46(37(50)30-22-28(12-13-34(30)51-2)32-23-42-45-44-32)24-29(26-8-4-3-5-9-26)16-19-47-17-14-27(15-18-47)35(49)36-43-31-10-6-7-11-33(31)48(36)20-21-52-25-38(39,40)41/h3-13,22-23,27,29H,14-21,24-25H2,1-2H3,(H,42,44,45). The molecule has 6 rings (SSSR count). The predicted molar refractivity (Wildman–Crippen MR) is 189 cm³/mol. The summed E-state index contributed by atoms with van der Waals surface area (Å²) in [6.07, 6.45) is -0.740. The van der Waals surface area contributed by atoms with E-state index in [1.165, 1.54) is 0 Å². The van der Waals surface area contributed by atoms with Crippen LogP contribution in [0.15, 0.2) is 79.0 Å². The molecule has 1 aliphatic heterocycles. The molecule has 0 aliphatic carbocycles. The highest BCUT2D eigenvalue weighted by atomic mass is 19.4. The van der Waals surface area contributed by atoms with Gasteiger partial charge in [-0.3, -0.25) is 9.59 Å². The monoisotopic (exact) mass is 717 g/mol. The molecule has 1 saturated heterocycles. The summed E-state index contributed by atoms with van der Waals surface area (Å²) in [5.41, 5.74) is 4.26. The number of likely N-dealkylation sites (N-methyl/N-ethyl adjacent to an activating group) is 1. The van der Waals surface area contributed by atoms with Crippen molar-refractivity contribution in [3.63, 3.8) is 0 Å². The summed E-state index contributed by atoms with van der Waals surface area (Å²) in [5.74, 6) is 0.272. The minimum Gasteiger partial charge on any atom is -0.496 e. The topological polar surface area (TPSA) is 118 Å². The molecule has 0 spiro atoms. The number of halogens is 3. The van der Waals surface area contributed by atoms with Gasteiger partial charge in [-0.2, -0.15) is 28.6 Å². The first-order valence-electron chi connectivity index (χ1n) is 17.3. The van der Waals surface area contributed by atoms with Crippen molar-refractivity contribution in [3.8, 4) is 17.0 Å². The number of aromatic nitrogens is 5. The fourth-order valence-electron chi connectivity index (χ4n) is 6.86. The number of hydrogen-bond donors (Lipinski definition) is 1. The summed E-state index contributed by atoms with van der Waals surface area (Å²) in [5, 5.41) is 10.6. The van der Waals surface area contributed by atoms with Crippen LogP contribution in [0.4, 0.5) is 13.2 Å². The third-order valence-electron chi connectivity index (χ3n) is 9.60. The number of H-pyrrole nitrogens is 1. The Balaban J connectivity index is 1.08. The van der Waals surface area contributed by atoms with E-state index >= 15 is 0 Å². The van der Waals surface area contributed by atoms with E-state index in [-0.39, 0.29) is 42.5 Å². The molecule has 5 aromatic rings. The number of amides is 1. The lowest BCUT2D eigenvalue weighted by molar-refractivity contribution is -0.174. The molecule has 274 valence electrons. The van der Waals surface area contributed by atoms with Crippen molar-refractivity contribution in [2.45, 2.75) is 37.9 Å². The van der Waals surface area contributed by atoms with Crippen molar-refractivity contribution in [2.75, 3.05) is 53.6 Å². The summed E-state index contributed by atoms with van der Waals surface area (Å²) in [7, 11) is 3.34. The van der Waals surface area contributed by atoms with Crippen LogP contribution >= 0.6 is 0 Å². The van der Waals surface area contributed by atoms with Gasteiger partial charge in [0.05, 0.1) is 36.5 Å². The van der Waals surface area contributed by atoms with Gasteiger partial charge < -0.3 is 23.8 Å². The Morgan fingerprint density at radius 3 is 2.48 bits per heavy atom. The molecule has 1 atom stereocenters. The molecule has 1 N–H and O–H groups in total. The number of hydrogen-bond acceptors (Lipinski definition) is 8. The zero-order valence-corrected chi connectivity index (χ0v) is 29.2. The number of nitrogens with zero attached hydrogens (tertiary/aromatic N) is 6. The number of likely N-dealkylation sites (tertiary alicyclic amines) is 1. The van der Waals surface area contributed by atoms with Gasteiger partial charge in [-0.1, -0.05) is 42.5 Å². The maximum Gasteiger partial charge on any atom is 0.411 e. The number of aromatic amines is 1. The Morgan fingerprint density at radius 2 is 1.77 bits per heavy atom. The van der Waals surface area contributed by atoms with Gasteiger partial charge in [0.2, 0.25) is 5.78 Å². The van der Waals surface area contributed by atoms with Crippen LogP contribution in [-0.4, -0.2) is 106 Å². The molecular weight excluding hydrogens is 675 g/mol. The minimum atomic E-state index is -4.42. The molecule has 1 fully saturated rings. The van der Waals surface area contributed by atoms with Crippen molar-refractivity contribution in [1.82, 2.24) is 34.8 Å². The summed E-state index contributed by atoms with van der Waals surface area (Å²) in [4.78, 5) is 36.3. The molecule has 0 bridgehead atoms. The van der Waals surface area contributed by atoms with E-state index in [4.69, 9.17) is 9.47 Å². The molecule has 3 heterocycles. The number of ketones is 1. The van der Waals surface area contributed by atoms with Crippen LogP contribution in [0.3, 0.4) is 0 Å². The van der Waals surface area contributed by atoms with Crippen molar-refractivity contribution in [2.24, 2.45) is 5.92 Å². The molecule has 11 nitrogen and oxygen atoms in total. The first kappa shape index (κ1) is 36.7. The maximum atomic E-state index is 13.8. The molecule has 1 unspecified atom stereocenters. The number of alkyl halides is 3. The largest absolute Gasteiger partial charge is 0.496 e. The number of imidazole rings is 1. The van der Waals surface area contributed by atoms with Gasteiger partial charge in [-0.25, -0.2) is 4.98 Å². The SMILES string of the molecule is COc1ccc(-c2cn[nH]n2)cc1C(=O)N(C)CC(CCN1CCC(C(=O)c2nc3ccccc3n2CCOCC(F)(F)F)CC1)c1ccccc1. The average molecular weight is 718 g/mol. The first-order chi connectivity index (χ1) is 25.1. The number of Topliss-reactive ketones (excluding diaryl/α,β-unsaturated/α-hetero) is 1. The molecule has 1 aliphatic rings. The van der Waals surface area contributed by atoms with Crippen LogP contribution in [0.5, 0.6) is 5.75 Å². The molecule has 3 aromatic carbocycles. The number of rotatable bonds is 15. The highest BCUT2D eigenvalue weighted by molar-refractivity contribution is 5.98. The highest BCUT2D eigenvalue weighted by Gasteiger charge is 2.31. The fraction of sp³-hybridized carbons (Fsp3) is 0.395. The third kappa shape index (κ3) is 8.86. The number of carbonyl (C=O) groups is 2. The van der Waals surface area contributed by atoms with E-state index in [9.17, 15) is 22.8 Å². The summed E-state index contributed by atoms with van der Waals surface area (Å²) >= 11 is 0. The van der Waals surface area contributed by atoms with E-state index in [1.807, 2.05) is 42.5 Å². The van der Waals surface area contributed by atoms with Crippen LogP contribution in [0.25, 0.3) is 22.3 Å². The van der Waals surface area contributed by atoms with Crippen LogP contribution in [-0.2, 0) is 11.3 Å². The smallest absolute Gasteiger partial charge is 0.411 e. The zero-order chi connectivity index (χ0) is 36.7. The average Bonchev–Trinajstić information content (AvgIpc) is 3.83. The second kappa shape index (κ2) is 16.5. The van der Waals surface area contributed by atoms with Gasteiger partial charge >= 0.3 is 6.18 Å².